The topological polar surface area (TPSA) is 56.8 Å². The number of ether oxygens (including phenoxy) is 2. The maximum Gasteiger partial charge on any atom is 0.409 e. The van der Waals surface area contributed by atoms with Gasteiger partial charge < -0.3 is 13.9 Å². The van der Waals surface area contributed by atoms with E-state index >= 15 is 0 Å². The van der Waals surface area contributed by atoms with Gasteiger partial charge in [0.15, 0.2) is 0 Å². The first-order valence-corrected chi connectivity index (χ1v) is 14.6. The molecule has 1 amide bonds. The Morgan fingerprint density at radius 2 is 1.50 bits per heavy atom. The smallest absolute Gasteiger partial charge is 0.409 e. The number of amides is 1. The highest BCUT2D eigenvalue weighted by Gasteiger charge is 2.65. The van der Waals surface area contributed by atoms with E-state index in [2.05, 4.69) is 86.8 Å². The fourth-order valence-electron chi connectivity index (χ4n) is 5.62. The second-order valence-electron chi connectivity index (χ2n) is 10.9. The van der Waals surface area contributed by atoms with Crippen LogP contribution in [-0.2, 0) is 20.5 Å². The molecule has 1 aliphatic carbocycles. The van der Waals surface area contributed by atoms with E-state index in [0.29, 0.717) is 13.2 Å². The van der Waals surface area contributed by atoms with Crippen molar-refractivity contribution in [3.63, 3.8) is 0 Å². The molecule has 3 aromatic carbocycles. The van der Waals surface area contributed by atoms with Gasteiger partial charge in [-0.2, -0.15) is 0 Å². The Morgan fingerprint density at radius 3 is 2.03 bits per heavy atom. The minimum Gasteiger partial charge on any atom is -0.445 e. The quantitative estimate of drug-likeness (QED) is 0.448. The molecule has 5 nitrogen and oxygen atoms in total. The normalized spacial score (nSPS) is 23.1. The summed E-state index contributed by atoms with van der Waals surface area (Å²) < 4.78 is 18.7. The van der Waals surface area contributed by atoms with Crippen LogP contribution in [0.2, 0.25) is 5.04 Å². The summed E-state index contributed by atoms with van der Waals surface area (Å²) in [6.07, 6.45) is 0.359. The number of hydrogen-bond donors (Lipinski definition) is 1. The van der Waals surface area contributed by atoms with E-state index in [1.165, 1.54) is 10.4 Å². The van der Waals surface area contributed by atoms with Gasteiger partial charge in [0.05, 0.1) is 6.61 Å². The first-order chi connectivity index (χ1) is 17.3. The summed E-state index contributed by atoms with van der Waals surface area (Å²) in [5.74, 6) is 0.459. The number of carbonyl (C=O) groups is 1. The molecule has 1 N–H and O–H groups in total. The minimum atomic E-state index is -2.60. The largest absolute Gasteiger partial charge is 0.445 e. The number of benzene rings is 3. The average molecular weight is 502 g/mol. The van der Waals surface area contributed by atoms with Crippen LogP contribution in [0.3, 0.4) is 0 Å². The Balaban J connectivity index is 1.28. The van der Waals surface area contributed by atoms with Crippen LogP contribution < -0.4 is 15.7 Å². The summed E-state index contributed by atoms with van der Waals surface area (Å²) in [5, 5.41) is 5.46. The number of rotatable bonds is 8. The number of carbonyl (C=O) groups excluding carboxylic acids is 1. The summed E-state index contributed by atoms with van der Waals surface area (Å²) in [4.78, 5) is 12.5. The highest BCUT2D eigenvalue weighted by atomic mass is 28.4. The highest BCUT2D eigenvalue weighted by molar-refractivity contribution is 6.99. The Morgan fingerprint density at radius 1 is 0.944 bits per heavy atom. The van der Waals surface area contributed by atoms with Crippen LogP contribution in [0.5, 0.6) is 0 Å². The van der Waals surface area contributed by atoms with Crippen molar-refractivity contribution < 1.29 is 18.7 Å². The molecule has 1 aliphatic heterocycles. The molecule has 0 aromatic heterocycles. The predicted octanol–water partition coefficient (Wildman–Crippen LogP) is 4.85. The van der Waals surface area contributed by atoms with Crippen molar-refractivity contribution in [1.29, 1.82) is 0 Å². The summed E-state index contributed by atoms with van der Waals surface area (Å²) in [7, 11) is -2.60. The third-order valence-corrected chi connectivity index (χ3v) is 12.5. The third-order valence-electron chi connectivity index (χ3n) is 7.54. The van der Waals surface area contributed by atoms with E-state index in [1.54, 1.807) is 0 Å². The molecule has 0 unspecified atom stereocenters. The van der Waals surface area contributed by atoms with Crippen LogP contribution >= 0.6 is 0 Å². The standard InChI is InChI=1S/C30H35NO4Si/c1-29(2,3)36(25-15-9-5-10-16-25,26-17-11-6-12-18-26)35-22-24-21-34-30(19-27(24)30)31-28(32)33-20-23-13-7-4-8-14-23/h4-18,24,27H,19-22H2,1-3H3,(H,31,32)/t24-,27-,30-/m1/s1. The van der Waals surface area contributed by atoms with Gasteiger partial charge in [0, 0.05) is 24.9 Å². The van der Waals surface area contributed by atoms with Gasteiger partial charge in [0.2, 0.25) is 0 Å². The van der Waals surface area contributed by atoms with Crippen LogP contribution in [0.15, 0.2) is 91.0 Å². The lowest BCUT2D eigenvalue weighted by Crippen LogP contribution is -2.67. The van der Waals surface area contributed by atoms with Crippen molar-refractivity contribution >= 4 is 24.8 Å². The molecule has 36 heavy (non-hydrogen) atoms. The molecule has 3 aromatic rings. The summed E-state index contributed by atoms with van der Waals surface area (Å²) in [6.45, 7) is 8.28. The predicted molar refractivity (Wildman–Crippen MR) is 144 cm³/mol. The molecule has 1 saturated carbocycles. The SMILES string of the molecule is CC(C)(C)[Si](OC[C@H]1CO[C@]2(NC(=O)OCc3ccccc3)C[C@H]12)(c1ccccc1)c1ccccc1. The van der Waals surface area contributed by atoms with Crippen molar-refractivity contribution in [3.8, 4) is 0 Å². The molecule has 5 rings (SSSR count). The van der Waals surface area contributed by atoms with Gasteiger partial charge in [-0.25, -0.2) is 4.79 Å². The van der Waals surface area contributed by atoms with Crippen molar-refractivity contribution in [3.05, 3.63) is 96.6 Å². The van der Waals surface area contributed by atoms with Crippen molar-refractivity contribution in [1.82, 2.24) is 5.32 Å². The molecular weight excluding hydrogens is 466 g/mol. The number of alkyl carbamates (subject to hydrolysis) is 1. The highest BCUT2D eigenvalue weighted by Crippen LogP contribution is 2.55. The molecule has 3 atom stereocenters. The Labute approximate surface area is 214 Å². The van der Waals surface area contributed by atoms with Crippen LogP contribution in [-0.4, -0.2) is 33.3 Å². The van der Waals surface area contributed by atoms with Gasteiger partial charge in [-0.1, -0.05) is 112 Å². The van der Waals surface area contributed by atoms with Crippen molar-refractivity contribution in [2.45, 2.75) is 44.6 Å². The molecule has 2 fully saturated rings. The fourth-order valence-corrected chi connectivity index (χ4v) is 10.2. The fraction of sp³-hybridized carbons (Fsp3) is 0.367. The summed E-state index contributed by atoms with van der Waals surface area (Å²) >= 11 is 0. The van der Waals surface area contributed by atoms with E-state index < -0.39 is 20.1 Å². The van der Waals surface area contributed by atoms with E-state index in [-0.39, 0.29) is 23.5 Å². The first-order valence-electron chi connectivity index (χ1n) is 12.7. The molecule has 2 aliphatic rings. The van der Waals surface area contributed by atoms with Gasteiger partial charge in [0.25, 0.3) is 8.32 Å². The average Bonchev–Trinajstić information content (AvgIpc) is 3.49. The second-order valence-corrected chi connectivity index (χ2v) is 15.2. The second kappa shape index (κ2) is 9.85. The number of hydrogen-bond acceptors (Lipinski definition) is 4. The van der Waals surface area contributed by atoms with E-state index in [1.807, 2.05) is 30.3 Å². The van der Waals surface area contributed by atoms with Crippen molar-refractivity contribution in [2.75, 3.05) is 13.2 Å². The van der Waals surface area contributed by atoms with E-state index in [0.717, 1.165) is 12.0 Å². The van der Waals surface area contributed by atoms with Gasteiger partial charge in [-0.05, 0) is 21.0 Å². The van der Waals surface area contributed by atoms with Crippen molar-refractivity contribution in [2.24, 2.45) is 11.8 Å². The lowest BCUT2D eigenvalue weighted by Gasteiger charge is -2.43. The molecule has 0 spiro atoms. The summed E-state index contributed by atoms with van der Waals surface area (Å²) in [5.41, 5.74) is 0.342. The van der Waals surface area contributed by atoms with Gasteiger partial charge in [-0.15, -0.1) is 0 Å². The summed E-state index contributed by atoms with van der Waals surface area (Å²) in [6, 6.07) is 31.1. The van der Waals surface area contributed by atoms with Crippen LogP contribution in [0.4, 0.5) is 4.79 Å². The zero-order chi connectivity index (χ0) is 25.2. The van der Waals surface area contributed by atoms with E-state index in [4.69, 9.17) is 13.9 Å². The molecule has 188 valence electrons. The van der Waals surface area contributed by atoms with E-state index in [9.17, 15) is 4.79 Å². The van der Waals surface area contributed by atoms with Crippen LogP contribution in [0.1, 0.15) is 32.8 Å². The molecule has 6 heteroatoms. The number of fused-ring (bicyclic) bond motifs is 1. The third kappa shape index (κ3) is 4.73. The minimum absolute atomic E-state index is 0.0741. The zero-order valence-electron chi connectivity index (χ0n) is 21.3. The Kier molecular flexibility index (Phi) is 6.77. The lowest BCUT2D eigenvalue weighted by molar-refractivity contribution is 0.0249. The molecule has 0 bridgehead atoms. The lowest BCUT2D eigenvalue weighted by atomic mass is 10.1. The Hall–Kier alpha value is -2.93. The zero-order valence-corrected chi connectivity index (χ0v) is 22.3. The molecule has 1 saturated heterocycles. The monoisotopic (exact) mass is 501 g/mol. The van der Waals surface area contributed by atoms with Crippen LogP contribution in [0, 0.1) is 11.8 Å². The molecule has 0 radical (unpaired) electrons. The maximum atomic E-state index is 12.5. The van der Waals surface area contributed by atoms with Gasteiger partial charge in [0.1, 0.15) is 12.3 Å². The van der Waals surface area contributed by atoms with Gasteiger partial charge >= 0.3 is 6.09 Å². The Bertz CT molecular complexity index is 1130. The molecular formula is C30H35NO4Si. The maximum absolute atomic E-state index is 12.5. The molecule has 1 heterocycles. The number of nitrogens with one attached hydrogen (secondary N) is 1. The van der Waals surface area contributed by atoms with Gasteiger partial charge in [-0.3, -0.25) is 5.32 Å². The van der Waals surface area contributed by atoms with Crippen LogP contribution in [0.25, 0.3) is 0 Å². The first kappa shape index (κ1) is 24.7.